The molecule has 0 atom stereocenters. The average molecular weight is 1150 g/mol. The Balaban J connectivity index is 1.18. The predicted octanol–water partition coefficient (Wildman–Crippen LogP) is 22.5. The third kappa shape index (κ3) is 9.48. The highest BCUT2D eigenvalue weighted by atomic mass is 28.3. The molecule has 0 spiro atoms. The van der Waals surface area contributed by atoms with E-state index in [0.29, 0.717) is 0 Å². The number of anilines is 6. The Hall–Kier alpha value is -8.17. The van der Waals surface area contributed by atoms with E-state index in [0.717, 1.165) is 124 Å². The quantitative estimate of drug-likeness (QED) is 0.114. The van der Waals surface area contributed by atoms with Crippen LogP contribution in [-0.4, -0.2) is 16.1 Å². The molecular weight excluding hydrogens is 1070 g/mol. The minimum atomic E-state index is -1.64. The van der Waals surface area contributed by atoms with Gasteiger partial charge in [0.2, 0.25) is 0 Å². The van der Waals surface area contributed by atoms with Gasteiger partial charge in [0.25, 0.3) is 0 Å². The Morgan fingerprint density at radius 2 is 0.812 bits per heavy atom. The molecule has 1 aliphatic rings. The molecule has 0 N–H and O–H groups in total. The monoisotopic (exact) mass is 1140 g/mol. The largest absolute Gasteiger partial charge is 0.455 e. The molecule has 6 heteroatoms. The maximum absolute atomic E-state index is 7.83. The van der Waals surface area contributed by atoms with Gasteiger partial charge in [0.15, 0.2) is 0 Å². The van der Waals surface area contributed by atoms with Gasteiger partial charge in [-0.25, -0.2) is 0 Å². The maximum atomic E-state index is 7.83. The van der Waals surface area contributed by atoms with Crippen LogP contribution in [0.1, 0.15) is 90.5 Å². The van der Waals surface area contributed by atoms with E-state index in [4.69, 9.17) is 8.83 Å². The molecule has 2 aromatic heterocycles. The first-order chi connectivity index (χ1) is 40.6. The van der Waals surface area contributed by atoms with E-state index in [-0.39, 0.29) is 10.8 Å². The lowest BCUT2D eigenvalue weighted by Gasteiger charge is -2.33. The van der Waals surface area contributed by atoms with Crippen LogP contribution >= 0.6 is 0 Å². The number of rotatable bonds is 12. The van der Waals surface area contributed by atoms with Gasteiger partial charge >= 0.3 is 0 Å². The summed E-state index contributed by atoms with van der Waals surface area (Å²) in [7, 11) is -3.28. The molecule has 0 bridgehead atoms. The SMILES string of the molecule is CCC1(CC)c2cc(N(c3ccc(C(C)(C)C)cc3)c3ccc([Si](C)(C)C)cc3)c3c(oc4cc(-c5ccccc5)ccc43)c2-c2c1cc(N(c1ccc(C(C)(C)C)cc1)c1ccc([Si](C)(C)C)cc1)c1c2oc2c(-c3ccccc3)cccc21. The third-order valence-corrected chi connectivity index (χ3v) is 22.7. The first-order valence-corrected chi connectivity index (χ1v) is 37.8. The smallest absolute Gasteiger partial charge is 0.145 e. The lowest BCUT2D eigenvalue weighted by Crippen LogP contribution is -2.37. The summed E-state index contributed by atoms with van der Waals surface area (Å²) < 4.78 is 15.6. The molecule has 2 heterocycles. The van der Waals surface area contributed by atoms with Crippen molar-refractivity contribution in [2.24, 2.45) is 0 Å². The number of benzene rings is 10. The van der Waals surface area contributed by atoms with E-state index in [1.54, 1.807) is 0 Å². The first kappa shape index (κ1) is 56.0. The molecule has 426 valence electrons. The Morgan fingerprint density at radius 1 is 0.388 bits per heavy atom. The van der Waals surface area contributed by atoms with Gasteiger partial charge in [0.05, 0.1) is 38.3 Å². The Morgan fingerprint density at radius 3 is 1.25 bits per heavy atom. The van der Waals surface area contributed by atoms with Gasteiger partial charge in [-0.2, -0.15) is 0 Å². The summed E-state index contributed by atoms with van der Waals surface area (Å²) in [4.78, 5) is 5.04. The van der Waals surface area contributed by atoms with Crippen molar-refractivity contribution in [1.29, 1.82) is 0 Å². The summed E-state index contributed by atoms with van der Waals surface area (Å²) in [6, 6.07) is 77.7. The van der Waals surface area contributed by atoms with Crippen LogP contribution in [-0.2, 0) is 16.2 Å². The van der Waals surface area contributed by atoms with Crippen molar-refractivity contribution >= 4 is 105 Å². The van der Waals surface area contributed by atoms with Gasteiger partial charge in [-0.3, -0.25) is 0 Å². The van der Waals surface area contributed by atoms with Crippen molar-refractivity contribution in [3.8, 4) is 33.4 Å². The van der Waals surface area contributed by atoms with E-state index in [2.05, 4.69) is 311 Å². The zero-order valence-corrected chi connectivity index (χ0v) is 54.3. The summed E-state index contributed by atoms with van der Waals surface area (Å²) in [5, 5.41) is 7.17. The van der Waals surface area contributed by atoms with Crippen molar-refractivity contribution in [2.45, 2.75) is 124 Å². The fourth-order valence-electron chi connectivity index (χ4n) is 13.6. The molecule has 0 saturated heterocycles. The highest BCUT2D eigenvalue weighted by Crippen LogP contribution is 2.63. The third-order valence-electron chi connectivity index (χ3n) is 18.6. The summed E-state index contributed by atoms with van der Waals surface area (Å²) in [6.07, 6.45) is 1.70. The Bertz CT molecular complexity index is 4370. The highest BCUT2D eigenvalue weighted by Gasteiger charge is 2.47. The Labute approximate surface area is 505 Å². The van der Waals surface area contributed by atoms with E-state index < -0.39 is 21.6 Å². The lowest BCUT2D eigenvalue weighted by molar-refractivity contribution is 0.490. The number of furan rings is 2. The minimum absolute atomic E-state index is 0.0143. The van der Waals surface area contributed by atoms with Crippen LogP contribution < -0.4 is 20.2 Å². The number of fused-ring (bicyclic) bond motifs is 11. The van der Waals surface area contributed by atoms with Gasteiger partial charge in [-0.15, -0.1) is 0 Å². The Kier molecular flexibility index (Phi) is 13.5. The zero-order chi connectivity index (χ0) is 59.5. The van der Waals surface area contributed by atoms with Crippen molar-refractivity contribution in [3.05, 3.63) is 229 Å². The molecule has 10 aromatic carbocycles. The minimum Gasteiger partial charge on any atom is -0.455 e. The molecule has 4 nitrogen and oxygen atoms in total. The second kappa shape index (κ2) is 20.5. The van der Waals surface area contributed by atoms with Gasteiger partial charge < -0.3 is 18.6 Å². The maximum Gasteiger partial charge on any atom is 0.145 e. The van der Waals surface area contributed by atoms with E-state index in [9.17, 15) is 0 Å². The second-order valence-electron chi connectivity index (χ2n) is 28.0. The fraction of sp³-hybridized carbons (Fsp3) is 0.241. The summed E-state index contributed by atoms with van der Waals surface area (Å²) in [5.74, 6) is 0. The molecule has 0 aliphatic heterocycles. The summed E-state index contributed by atoms with van der Waals surface area (Å²) >= 11 is 0. The molecule has 12 aromatic rings. The average Bonchev–Trinajstić information content (AvgIpc) is 1.59. The number of hydrogen-bond acceptors (Lipinski definition) is 4. The molecule has 13 rings (SSSR count). The molecule has 0 fully saturated rings. The normalized spacial score (nSPS) is 13.5. The van der Waals surface area contributed by atoms with Crippen molar-refractivity contribution in [1.82, 2.24) is 0 Å². The standard InChI is InChI=1S/C79H80N2O2Si2/c1-15-79(16-2)65-49-67(80(56-35-31-54(32-36-56)77(3,4)5)58-39-43-60(44-40-58)84(9,10)11)70-63-47-30-53(51-24-19-17-20-25-51)48-69(63)82-75(70)72(65)73-66(79)50-68(71-64-29-23-28-62(74(64)83-76(71)73)52-26-21-18-22-27-52)81(57-37-33-55(34-38-57)78(6,7)8)59-41-45-61(46-42-59)85(12,13)14/h17-50H,15-16H2,1-14H3. The van der Waals surface area contributed by atoms with Crippen molar-refractivity contribution in [2.75, 3.05) is 9.80 Å². The lowest BCUT2D eigenvalue weighted by atomic mass is 9.73. The molecular formula is C79H80N2O2Si2. The zero-order valence-electron chi connectivity index (χ0n) is 52.3. The van der Waals surface area contributed by atoms with Crippen LogP contribution in [0.4, 0.5) is 34.1 Å². The molecule has 0 radical (unpaired) electrons. The number of nitrogens with zero attached hydrogens (tertiary/aromatic N) is 2. The summed E-state index contributed by atoms with van der Waals surface area (Å²) in [6.45, 7) is 33.2. The molecule has 85 heavy (non-hydrogen) atoms. The van der Waals surface area contributed by atoms with Gasteiger partial charge in [-0.05, 0) is 135 Å². The van der Waals surface area contributed by atoms with Crippen molar-refractivity contribution < 1.29 is 8.83 Å². The molecule has 1 aliphatic carbocycles. The number of para-hydroxylation sites is 1. The molecule has 0 unspecified atom stereocenters. The van der Waals surface area contributed by atoms with E-state index in [1.165, 1.54) is 32.6 Å². The fourth-order valence-corrected chi connectivity index (χ4v) is 15.9. The van der Waals surface area contributed by atoms with Gasteiger partial charge in [-0.1, -0.05) is 239 Å². The molecule has 0 amide bonds. The van der Waals surface area contributed by atoms with Crippen molar-refractivity contribution in [3.63, 3.8) is 0 Å². The van der Waals surface area contributed by atoms with Gasteiger partial charge in [0, 0.05) is 55.6 Å². The highest BCUT2D eigenvalue weighted by molar-refractivity contribution is 6.89. The van der Waals surface area contributed by atoms with Crippen LogP contribution in [0.15, 0.2) is 215 Å². The van der Waals surface area contributed by atoms with Crippen LogP contribution in [0.2, 0.25) is 39.3 Å². The number of hydrogen-bond donors (Lipinski definition) is 0. The van der Waals surface area contributed by atoms with Crippen LogP contribution in [0.5, 0.6) is 0 Å². The topological polar surface area (TPSA) is 32.8 Å². The predicted molar refractivity (Wildman–Crippen MR) is 371 cm³/mol. The first-order valence-electron chi connectivity index (χ1n) is 30.8. The van der Waals surface area contributed by atoms with Gasteiger partial charge in [0.1, 0.15) is 22.3 Å². The second-order valence-corrected chi connectivity index (χ2v) is 38.2. The van der Waals surface area contributed by atoms with Crippen LogP contribution in [0.25, 0.3) is 77.3 Å². The van der Waals surface area contributed by atoms with Crippen LogP contribution in [0, 0.1) is 0 Å². The molecule has 0 saturated carbocycles. The van der Waals surface area contributed by atoms with Crippen LogP contribution in [0.3, 0.4) is 0 Å². The van der Waals surface area contributed by atoms with E-state index in [1.807, 2.05) is 0 Å². The van der Waals surface area contributed by atoms with E-state index >= 15 is 0 Å². The summed E-state index contributed by atoms with van der Waals surface area (Å²) in [5.41, 5.74) is 21.4.